The molecule has 0 aliphatic heterocycles. The lowest BCUT2D eigenvalue weighted by molar-refractivity contribution is 0.102. The van der Waals surface area contributed by atoms with Crippen LogP contribution in [-0.2, 0) is 0 Å². The Hall–Kier alpha value is -2.49. The van der Waals surface area contributed by atoms with Gasteiger partial charge in [-0.3, -0.25) is 4.79 Å². The predicted octanol–water partition coefficient (Wildman–Crippen LogP) is 6.47. The molecule has 152 valence electrons. The summed E-state index contributed by atoms with van der Waals surface area (Å²) in [6, 6.07) is 14.9. The van der Waals surface area contributed by atoms with Gasteiger partial charge in [-0.1, -0.05) is 58.1 Å². The van der Waals surface area contributed by atoms with Gasteiger partial charge >= 0.3 is 0 Å². The molecule has 2 rings (SSSR count). The summed E-state index contributed by atoms with van der Waals surface area (Å²) in [6.45, 7) is 5.68. The van der Waals surface area contributed by atoms with Crippen molar-refractivity contribution in [2.45, 2.75) is 58.8 Å². The number of carbonyl (C=O) groups is 1. The number of carbonyl (C=O) groups excluding carboxylic acids is 1. The first-order valence-electron chi connectivity index (χ1n) is 10.5. The van der Waals surface area contributed by atoms with Gasteiger partial charge < -0.3 is 14.8 Å². The van der Waals surface area contributed by atoms with Crippen LogP contribution in [0.3, 0.4) is 0 Å². The Morgan fingerprint density at radius 3 is 2.21 bits per heavy atom. The number of hydrogen-bond acceptors (Lipinski definition) is 3. The van der Waals surface area contributed by atoms with E-state index in [1.807, 2.05) is 42.5 Å². The van der Waals surface area contributed by atoms with Crippen LogP contribution in [0.1, 0.15) is 69.2 Å². The Kier molecular flexibility index (Phi) is 9.98. The molecule has 0 radical (unpaired) electrons. The summed E-state index contributed by atoms with van der Waals surface area (Å²) in [7, 11) is 0. The fourth-order valence-electron chi connectivity index (χ4n) is 2.84. The SMILES string of the molecule is CCCCCCCOc1ccc(NC(=O)c2ccccc2OCCCC)cc1. The summed E-state index contributed by atoms with van der Waals surface area (Å²) in [5, 5.41) is 2.93. The van der Waals surface area contributed by atoms with Gasteiger partial charge in [0.2, 0.25) is 0 Å². The van der Waals surface area contributed by atoms with Crippen molar-refractivity contribution in [3.05, 3.63) is 54.1 Å². The molecular formula is C24H33NO3. The third-order valence-electron chi connectivity index (χ3n) is 4.52. The molecule has 2 aromatic rings. The monoisotopic (exact) mass is 383 g/mol. The molecule has 0 saturated heterocycles. The molecule has 0 saturated carbocycles. The van der Waals surface area contributed by atoms with Crippen LogP contribution in [0.15, 0.2) is 48.5 Å². The number of rotatable bonds is 13. The van der Waals surface area contributed by atoms with Crippen LogP contribution in [0, 0.1) is 0 Å². The fraction of sp³-hybridized carbons (Fsp3) is 0.458. The molecule has 0 bridgehead atoms. The average Bonchev–Trinajstić information content (AvgIpc) is 2.72. The van der Waals surface area contributed by atoms with Gasteiger partial charge in [-0.25, -0.2) is 0 Å². The van der Waals surface area contributed by atoms with Crippen molar-refractivity contribution < 1.29 is 14.3 Å². The lowest BCUT2D eigenvalue weighted by atomic mass is 10.1. The second kappa shape index (κ2) is 12.8. The smallest absolute Gasteiger partial charge is 0.259 e. The van der Waals surface area contributed by atoms with Gasteiger partial charge in [0.1, 0.15) is 11.5 Å². The van der Waals surface area contributed by atoms with Crippen LogP contribution < -0.4 is 14.8 Å². The third kappa shape index (κ3) is 7.63. The second-order valence-electron chi connectivity index (χ2n) is 6.94. The van der Waals surface area contributed by atoms with Crippen LogP contribution in [0.4, 0.5) is 5.69 Å². The van der Waals surface area contributed by atoms with Crippen LogP contribution in [0.5, 0.6) is 11.5 Å². The van der Waals surface area contributed by atoms with Gasteiger partial charge in [-0.2, -0.15) is 0 Å². The molecule has 1 amide bonds. The van der Waals surface area contributed by atoms with E-state index in [2.05, 4.69) is 19.2 Å². The molecule has 0 aliphatic rings. The minimum absolute atomic E-state index is 0.170. The Morgan fingerprint density at radius 2 is 1.46 bits per heavy atom. The van der Waals surface area contributed by atoms with E-state index in [4.69, 9.17) is 9.47 Å². The van der Waals surface area contributed by atoms with E-state index in [1.54, 1.807) is 6.07 Å². The molecule has 28 heavy (non-hydrogen) atoms. The minimum atomic E-state index is -0.170. The first kappa shape index (κ1) is 21.8. The molecule has 4 heteroatoms. The fourth-order valence-corrected chi connectivity index (χ4v) is 2.84. The summed E-state index contributed by atoms with van der Waals surface area (Å²) in [4.78, 5) is 12.6. The molecule has 0 aromatic heterocycles. The second-order valence-corrected chi connectivity index (χ2v) is 6.94. The molecule has 2 aromatic carbocycles. The zero-order valence-electron chi connectivity index (χ0n) is 17.2. The van der Waals surface area contributed by atoms with Gasteiger partial charge in [-0.15, -0.1) is 0 Å². The van der Waals surface area contributed by atoms with E-state index in [0.29, 0.717) is 17.9 Å². The lowest BCUT2D eigenvalue weighted by Gasteiger charge is -2.12. The standard InChI is InChI=1S/C24H33NO3/c1-3-5-7-8-11-19-27-21-16-14-20(15-17-21)25-24(26)22-12-9-10-13-23(22)28-18-6-4-2/h9-10,12-17H,3-8,11,18-19H2,1-2H3,(H,25,26). The first-order valence-corrected chi connectivity index (χ1v) is 10.5. The highest BCUT2D eigenvalue weighted by molar-refractivity contribution is 6.06. The predicted molar refractivity (Wildman–Crippen MR) is 115 cm³/mol. The van der Waals surface area contributed by atoms with Gasteiger partial charge in [0.15, 0.2) is 0 Å². The van der Waals surface area contributed by atoms with E-state index in [-0.39, 0.29) is 5.91 Å². The van der Waals surface area contributed by atoms with Crippen molar-refractivity contribution in [1.29, 1.82) is 0 Å². The highest BCUT2D eigenvalue weighted by Gasteiger charge is 2.12. The third-order valence-corrected chi connectivity index (χ3v) is 4.52. The van der Waals surface area contributed by atoms with Crippen LogP contribution in [0.2, 0.25) is 0 Å². The Morgan fingerprint density at radius 1 is 0.786 bits per heavy atom. The molecule has 4 nitrogen and oxygen atoms in total. The van der Waals surface area contributed by atoms with Crippen LogP contribution >= 0.6 is 0 Å². The summed E-state index contributed by atoms with van der Waals surface area (Å²) in [5.41, 5.74) is 1.29. The quantitative estimate of drug-likeness (QED) is 0.403. The number of nitrogens with one attached hydrogen (secondary N) is 1. The van der Waals surface area contributed by atoms with Gasteiger partial charge in [0.25, 0.3) is 5.91 Å². The molecular weight excluding hydrogens is 350 g/mol. The van der Waals surface area contributed by atoms with Gasteiger partial charge in [0.05, 0.1) is 18.8 Å². The lowest BCUT2D eigenvalue weighted by Crippen LogP contribution is -2.14. The van der Waals surface area contributed by atoms with E-state index in [0.717, 1.165) is 37.3 Å². The highest BCUT2D eigenvalue weighted by atomic mass is 16.5. The maximum atomic E-state index is 12.6. The average molecular weight is 384 g/mol. The number of benzene rings is 2. The molecule has 0 spiro atoms. The van der Waals surface area contributed by atoms with Gasteiger partial charge in [0, 0.05) is 5.69 Å². The minimum Gasteiger partial charge on any atom is -0.494 e. The number of ether oxygens (including phenoxy) is 2. The largest absolute Gasteiger partial charge is 0.494 e. The molecule has 0 heterocycles. The zero-order chi connectivity index (χ0) is 20.0. The zero-order valence-corrected chi connectivity index (χ0v) is 17.2. The maximum absolute atomic E-state index is 12.6. The van der Waals surface area contributed by atoms with Gasteiger partial charge in [-0.05, 0) is 49.2 Å². The molecule has 1 N–H and O–H groups in total. The molecule has 0 atom stereocenters. The van der Waals surface area contributed by atoms with Crippen molar-refractivity contribution in [2.24, 2.45) is 0 Å². The summed E-state index contributed by atoms with van der Waals surface area (Å²) < 4.78 is 11.5. The van der Waals surface area contributed by atoms with E-state index in [1.165, 1.54) is 25.7 Å². The molecule has 0 fully saturated rings. The maximum Gasteiger partial charge on any atom is 0.259 e. The summed E-state index contributed by atoms with van der Waals surface area (Å²) in [5.74, 6) is 1.28. The van der Waals surface area contributed by atoms with Crippen molar-refractivity contribution in [1.82, 2.24) is 0 Å². The molecule has 0 unspecified atom stereocenters. The Labute approximate surface area is 169 Å². The highest BCUT2D eigenvalue weighted by Crippen LogP contribution is 2.21. The number of para-hydroxylation sites is 1. The normalized spacial score (nSPS) is 10.5. The first-order chi connectivity index (χ1) is 13.7. The van der Waals surface area contributed by atoms with E-state index < -0.39 is 0 Å². The number of amides is 1. The van der Waals surface area contributed by atoms with Crippen molar-refractivity contribution in [3.8, 4) is 11.5 Å². The van der Waals surface area contributed by atoms with Crippen molar-refractivity contribution in [2.75, 3.05) is 18.5 Å². The summed E-state index contributed by atoms with van der Waals surface area (Å²) >= 11 is 0. The topological polar surface area (TPSA) is 47.6 Å². The van der Waals surface area contributed by atoms with Crippen molar-refractivity contribution in [3.63, 3.8) is 0 Å². The van der Waals surface area contributed by atoms with Crippen LogP contribution in [0.25, 0.3) is 0 Å². The van der Waals surface area contributed by atoms with Crippen LogP contribution in [-0.4, -0.2) is 19.1 Å². The molecule has 0 aliphatic carbocycles. The number of hydrogen-bond donors (Lipinski definition) is 1. The van der Waals surface area contributed by atoms with E-state index in [9.17, 15) is 4.79 Å². The number of anilines is 1. The van der Waals surface area contributed by atoms with Crippen molar-refractivity contribution >= 4 is 11.6 Å². The van der Waals surface area contributed by atoms with E-state index >= 15 is 0 Å². The number of unbranched alkanes of at least 4 members (excludes halogenated alkanes) is 5. The summed E-state index contributed by atoms with van der Waals surface area (Å²) in [6.07, 6.45) is 8.13. The Balaban J connectivity index is 1.84. The Bertz CT molecular complexity index is 697.